The fourth-order valence-corrected chi connectivity index (χ4v) is 4.50. The molecule has 0 N–H and O–H groups in total. The highest BCUT2D eigenvalue weighted by Crippen LogP contribution is 2.32. The molecule has 0 radical (unpaired) electrons. The molecular formula is C21H25N5O2. The summed E-state index contributed by atoms with van der Waals surface area (Å²) >= 11 is 0. The first kappa shape index (κ1) is 17.4. The molecule has 1 saturated heterocycles. The molecule has 5 rings (SSSR count). The Kier molecular flexibility index (Phi) is 4.39. The minimum absolute atomic E-state index is 0.116. The molecule has 2 aromatic heterocycles. The van der Waals surface area contributed by atoms with Gasteiger partial charge in [0.05, 0.1) is 18.4 Å². The van der Waals surface area contributed by atoms with Gasteiger partial charge in [0, 0.05) is 30.9 Å². The fourth-order valence-electron chi connectivity index (χ4n) is 4.50. The van der Waals surface area contributed by atoms with Gasteiger partial charge in [0.25, 0.3) is 5.91 Å². The Morgan fingerprint density at radius 3 is 2.79 bits per heavy atom. The van der Waals surface area contributed by atoms with Crippen molar-refractivity contribution in [2.75, 3.05) is 32.7 Å². The lowest BCUT2D eigenvalue weighted by Crippen LogP contribution is -2.45. The van der Waals surface area contributed by atoms with Crippen molar-refractivity contribution in [1.29, 1.82) is 0 Å². The first-order valence-corrected chi connectivity index (χ1v) is 10.1. The fraction of sp³-hybridized carbons (Fsp3) is 0.476. The molecule has 146 valence electrons. The van der Waals surface area contributed by atoms with Crippen LogP contribution in [0, 0.1) is 6.92 Å². The third kappa shape index (κ3) is 2.99. The summed E-state index contributed by atoms with van der Waals surface area (Å²) in [6.07, 6.45) is 3.95. The minimum Gasteiger partial charge on any atom is -0.356 e. The molecule has 1 fully saturated rings. The summed E-state index contributed by atoms with van der Waals surface area (Å²) in [5.74, 6) is 0.568. The number of carbonyl (C=O) groups excluding carboxylic acids is 1. The maximum Gasteiger partial charge on any atom is 0.272 e. The quantitative estimate of drug-likeness (QED) is 0.697. The number of piperidine rings is 1. The average Bonchev–Trinajstić information content (AvgIpc) is 3.32. The van der Waals surface area contributed by atoms with E-state index in [0.717, 1.165) is 80.0 Å². The van der Waals surface area contributed by atoms with Crippen molar-refractivity contribution in [3.63, 3.8) is 0 Å². The lowest BCUT2D eigenvalue weighted by Gasteiger charge is -2.34. The van der Waals surface area contributed by atoms with Gasteiger partial charge in [-0.1, -0.05) is 17.3 Å². The summed E-state index contributed by atoms with van der Waals surface area (Å²) in [6.45, 7) is 7.26. The summed E-state index contributed by atoms with van der Waals surface area (Å²) in [7, 11) is 0. The van der Waals surface area contributed by atoms with Crippen LogP contribution in [0.4, 0.5) is 0 Å². The van der Waals surface area contributed by atoms with Crippen LogP contribution in [0.2, 0.25) is 0 Å². The van der Waals surface area contributed by atoms with Crippen LogP contribution in [0.15, 0.2) is 35.0 Å². The molecular weight excluding hydrogens is 354 g/mol. The Hall–Kier alpha value is -2.67. The van der Waals surface area contributed by atoms with E-state index in [4.69, 9.17) is 4.52 Å². The maximum absolute atomic E-state index is 12.7. The summed E-state index contributed by atoms with van der Waals surface area (Å²) in [6, 6.07) is 8.10. The zero-order chi connectivity index (χ0) is 19.1. The number of carbonyl (C=O) groups is 1. The van der Waals surface area contributed by atoms with Crippen LogP contribution in [-0.2, 0) is 6.54 Å². The van der Waals surface area contributed by atoms with Crippen LogP contribution in [0.5, 0.6) is 0 Å². The number of aryl methyl sites for hydroxylation is 1. The van der Waals surface area contributed by atoms with E-state index in [0.29, 0.717) is 5.92 Å². The molecule has 0 unspecified atom stereocenters. The molecule has 1 amide bonds. The number of hydrogen-bond donors (Lipinski definition) is 0. The van der Waals surface area contributed by atoms with E-state index in [1.165, 1.54) is 0 Å². The molecule has 2 aliphatic rings. The average molecular weight is 379 g/mol. The molecule has 28 heavy (non-hydrogen) atoms. The summed E-state index contributed by atoms with van der Waals surface area (Å²) < 4.78 is 7.32. The van der Waals surface area contributed by atoms with E-state index in [1.807, 2.05) is 34.7 Å². The number of amides is 1. The predicted molar refractivity (Wildman–Crippen MR) is 105 cm³/mol. The summed E-state index contributed by atoms with van der Waals surface area (Å²) in [5, 5.41) is 9.78. The zero-order valence-electron chi connectivity index (χ0n) is 16.2. The Balaban J connectivity index is 1.17. The number of nitrogens with zero attached hydrogens (tertiary/aromatic N) is 5. The largest absolute Gasteiger partial charge is 0.356 e. The van der Waals surface area contributed by atoms with Gasteiger partial charge in [-0.25, -0.2) is 0 Å². The van der Waals surface area contributed by atoms with Gasteiger partial charge < -0.3 is 14.3 Å². The highest BCUT2D eigenvalue weighted by molar-refractivity contribution is 5.94. The second kappa shape index (κ2) is 7.05. The van der Waals surface area contributed by atoms with Crippen LogP contribution in [0.3, 0.4) is 0 Å². The molecule has 1 aromatic carbocycles. The number of likely N-dealkylation sites (tertiary alicyclic amines) is 1. The summed E-state index contributed by atoms with van der Waals surface area (Å²) in [4.78, 5) is 17.2. The Morgan fingerprint density at radius 1 is 1.11 bits per heavy atom. The maximum atomic E-state index is 12.7. The Bertz CT molecular complexity index is 999. The molecule has 0 aliphatic carbocycles. The lowest BCUT2D eigenvalue weighted by molar-refractivity contribution is 0.0666. The van der Waals surface area contributed by atoms with Crippen molar-refractivity contribution in [2.45, 2.75) is 32.2 Å². The normalized spacial score (nSPS) is 18.8. The molecule has 3 aromatic rings. The highest BCUT2D eigenvalue weighted by atomic mass is 16.5. The molecule has 0 spiro atoms. The predicted octanol–water partition coefficient (Wildman–Crippen LogP) is 2.67. The van der Waals surface area contributed by atoms with Crippen LogP contribution >= 0.6 is 0 Å². The van der Waals surface area contributed by atoms with E-state index in [2.05, 4.69) is 21.2 Å². The SMILES string of the molecule is Cc1cnn2c1C(=O)N(CCN1CCC(c3noc4ccccc34)CC1)CC2. The smallest absolute Gasteiger partial charge is 0.272 e. The first-order valence-electron chi connectivity index (χ1n) is 10.1. The van der Waals surface area contributed by atoms with Gasteiger partial charge in [-0.2, -0.15) is 5.10 Å². The van der Waals surface area contributed by atoms with Crippen LogP contribution < -0.4 is 0 Å². The van der Waals surface area contributed by atoms with Crippen LogP contribution in [0.1, 0.15) is 40.5 Å². The molecule has 7 heteroatoms. The van der Waals surface area contributed by atoms with Gasteiger partial charge in [-0.05, 0) is 50.6 Å². The number of benzene rings is 1. The van der Waals surface area contributed by atoms with E-state index >= 15 is 0 Å². The van der Waals surface area contributed by atoms with E-state index in [-0.39, 0.29) is 5.91 Å². The van der Waals surface area contributed by atoms with Crippen molar-refractivity contribution < 1.29 is 9.32 Å². The van der Waals surface area contributed by atoms with Gasteiger partial charge in [0.15, 0.2) is 5.58 Å². The van der Waals surface area contributed by atoms with Gasteiger partial charge in [-0.3, -0.25) is 9.48 Å². The van der Waals surface area contributed by atoms with Crippen molar-refractivity contribution >= 4 is 16.9 Å². The number of aromatic nitrogens is 3. The number of hydrogen-bond acceptors (Lipinski definition) is 5. The van der Waals surface area contributed by atoms with Crippen molar-refractivity contribution in [2.24, 2.45) is 0 Å². The number of para-hydroxylation sites is 1. The minimum atomic E-state index is 0.116. The topological polar surface area (TPSA) is 67.4 Å². The second-order valence-corrected chi connectivity index (χ2v) is 7.87. The monoisotopic (exact) mass is 379 g/mol. The highest BCUT2D eigenvalue weighted by Gasteiger charge is 2.29. The standard InChI is InChI=1S/C21H25N5O2/c1-15-14-22-26-13-12-25(21(27)20(15)26)11-10-24-8-6-16(7-9-24)19-17-4-2-3-5-18(17)28-23-19/h2-5,14,16H,6-13H2,1H3. The van der Waals surface area contributed by atoms with Gasteiger partial charge in [0.2, 0.25) is 0 Å². The molecule has 0 saturated carbocycles. The zero-order valence-corrected chi connectivity index (χ0v) is 16.2. The third-order valence-electron chi connectivity index (χ3n) is 6.16. The van der Waals surface area contributed by atoms with Crippen LogP contribution in [0.25, 0.3) is 11.0 Å². The molecule has 0 atom stereocenters. The Morgan fingerprint density at radius 2 is 1.93 bits per heavy atom. The van der Waals surface area contributed by atoms with Crippen molar-refractivity contribution in [3.05, 3.63) is 47.4 Å². The number of fused-ring (bicyclic) bond motifs is 2. The molecule has 7 nitrogen and oxygen atoms in total. The first-order chi connectivity index (χ1) is 13.7. The molecule has 2 aliphatic heterocycles. The van der Waals surface area contributed by atoms with Crippen molar-refractivity contribution in [1.82, 2.24) is 24.7 Å². The van der Waals surface area contributed by atoms with E-state index in [1.54, 1.807) is 6.20 Å². The van der Waals surface area contributed by atoms with Gasteiger partial charge >= 0.3 is 0 Å². The number of rotatable bonds is 4. The molecule has 0 bridgehead atoms. The Labute approximate surface area is 163 Å². The van der Waals surface area contributed by atoms with Crippen LogP contribution in [-0.4, -0.2) is 63.4 Å². The van der Waals surface area contributed by atoms with Gasteiger partial charge in [0.1, 0.15) is 5.69 Å². The van der Waals surface area contributed by atoms with E-state index < -0.39 is 0 Å². The lowest BCUT2D eigenvalue weighted by atomic mass is 9.91. The molecule has 4 heterocycles. The third-order valence-corrected chi connectivity index (χ3v) is 6.16. The van der Waals surface area contributed by atoms with Gasteiger partial charge in [-0.15, -0.1) is 0 Å². The van der Waals surface area contributed by atoms with Crippen molar-refractivity contribution in [3.8, 4) is 0 Å². The second-order valence-electron chi connectivity index (χ2n) is 7.87. The van der Waals surface area contributed by atoms with E-state index in [9.17, 15) is 4.79 Å². The summed E-state index contributed by atoms with van der Waals surface area (Å²) in [5.41, 5.74) is 3.70.